The van der Waals surface area contributed by atoms with Crippen LogP contribution < -0.4 is 5.32 Å². The lowest BCUT2D eigenvalue weighted by molar-refractivity contribution is -0.121. The standard InChI is InChI=1S/C21H43NO2/c1-4-6-7-8-9-10-11-12-13-14-17-22-21(24)16-15-19(3)18-20(23)5-2/h19-20,23H,4-18H2,1-3H3,(H,22,24). The first-order valence-corrected chi connectivity index (χ1v) is 10.5. The van der Waals surface area contributed by atoms with Gasteiger partial charge in [-0.15, -0.1) is 0 Å². The number of carbonyl (C=O) groups excluding carboxylic acids is 1. The number of hydrogen-bond acceptors (Lipinski definition) is 2. The van der Waals surface area contributed by atoms with Crippen LogP contribution >= 0.6 is 0 Å². The summed E-state index contributed by atoms with van der Waals surface area (Å²) in [7, 11) is 0. The van der Waals surface area contributed by atoms with Crippen LogP contribution in [0.3, 0.4) is 0 Å². The van der Waals surface area contributed by atoms with E-state index in [1.165, 1.54) is 57.8 Å². The number of hydrogen-bond donors (Lipinski definition) is 2. The van der Waals surface area contributed by atoms with E-state index in [2.05, 4.69) is 19.2 Å². The van der Waals surface area contributed by atoms with Gasteiger partial charge in [0.15, 0.2) is 0 Å². The highest BCUT2D eigenvalue weighted by atomic mass is 16.3. The first-order valence-electron chi connectivity index (χ1n) is 10.5. The van der Waals surface area contributed by atoms with Crippen molar-refractivity contribution in [1.82, 2.24) is 5.32 Å². The van der Waals surface area contributed by atoms with Gasteiger partial charge in [-0.1, -0.05) is 78.6 Å². The fourth-order valence-corrected chi connectivity index (χ4v) is 3.06. The van der Waals surface area contributed by atoms with Crippen LogP contribution in [0, 0.1) is 5.92 Å². The van der Waals surface area contributed by atoms with Gasteiger partial charge in [-0.05, 0) is 31.6 Å². The lowest BCUT2D eigenvalue weighted by atomic mass is 9.97. The van der Waals surface area contributed by atoms with Gasteiger partial charge >= 0.3 is 0 Å². The zero-order valence-electron chi connectivity index (χ0n) is 16.6. The Kier molecular flexibility index (Phi) is 16.8. The quantitative estimate of drug-likeness (QED) is 0.338. The van der Waals surface area contributed by atoms with Crippen molar-refractivity contribution < 1.29 is 9.90 Å². The second-order valence-corrected chi connectivity index (χ2v) is 7.47. The normalized spacial score (nSPS) is 13.7. The molecule has 2 N–H and O–H groups in total. The zero-order valence-corrected chi connectivity index (χ0v) is 16.6. The van der Waals surface area contributed by atoms with E-state index >= 15 is 0 Å². The highest BCUT2D eigenvalue weighted by molar-refractivity contribution is 5.75. The van der Waals surface area contributed by atoms with E-state index in [4.69, 9.17) is 0 Å². The van der Waals surface area contributed by atoms with Crippen LogP contribution in [0.2, 0.25) is 0 Å². The molecule has 0 radical (unpaired) electrons. The molecule has 2 atom stereocenters. The molecule has 0 saturated heterocycles. The summed E-state index contributed by atoms with van der Waals surface area (Å²) in [4.78, 5) is 11.8. The van der Waals surface area contributed by atoms with Crippen molar-refractivity contribution in [2.24, 2.45) is 5.92 Å². The average Bonchev–Trinajstić information content (AvgIpc) is 2.57. The second kappa shape index (κ2) is 17.3. The van der Waals surface area contributed by atoms with Crippen LogP contribution in [-0.4, -0.2) is 23.7 Å². The number of rotatable bonds is 17. The Morgan fingerprint density at radius 1 is 0.917 bits per heavy atom. The van der Waals surface area contributed by atoms with Gasteiger partial charge < -0.3 is 10.4 Å². The summed E-state index contributed by atoms with van der Waals surface area (Å²) < 4.78 is 0. The van der Waals surface area contributed by atoms with Crippen molar-refractivity contribution in [3.05, 3.63) is 0 Å². The SMILES string of the molecule is CCCCCCCCCCCCNC(=O)CCC(C)CC(O)CC. The van der Waals surface area contributed by atoms with Crippen molar-refractivity contribution >= 4 is 5.91 Å². The Bertz CT molecular complexity index is 281. The molecule has 0 saturated carbocycles. The van der Waals surface area contributed by atoms with E-state index in [1.54, 1.807) is 0 Å². The number of amides is 1. The molecule has 0 aromatic rings. The largest absolute Gasteiger partial charge is 0.393 e. The number of nitrogens with one attached hydrogen (secondary N) is 1. The first kappa shape index (κ1) is 23.4. The maximum Gasteiger partial charge on any atom is 0.220 e. The minimum absolute atomic E-state index is 0.170. The minimum atomic E-state index is -0.213. The predicted molar refractivity (Wildman–Crippen MR) is 104 cm³/mol. The lowest BCUT2D eigenvalue weighted by Gasteiger charge is -2.14. The topological polar surface area (TPSA) is 49.3 Å². The van der Waals surface area contributed by atoms with Crippen molar-refractivity contribution in [3.63, 3.8) is 0 Å². The molecular weight excluding hydrogens is 298 g/mol. The number of carbonyl (C=O) groups is 1. The maximum absolute atomic E-state index is 11.8. The second-order valence-electron chi connectivity index (χ2n) is 7.47. The molecule has 3 heteroatoms. The Hall–Kier alpha value is -0.570. The summed E-state index contributed by atoms with van der Waals surface area (Å²) in [5.41, 5.74) is 0. The summed E-state index contributed by atoms with van der Waals surface area (Å²) in [6.45, 7) is 7.20. The highest BCUT2D eigenvalue weighted by Gasteiger charge is 2.10. The Morgan fingerprint density at radius 3 is 2.00 bits per heavy atom. The molecule has 3 nitrogen and oxygen atoms in total. The third kappa shape index (κ3) is 16.3. The Balaban J connectivity index is 3.31. The van der Waals surface area contributed by atoms with Crippen molar-refractivity contribution in [2.45, 2.75) is 117 Å². The Labute approximate surface area is 151 Å². The van der Waals surface area contributed by atoms with Gasteiger partial charge in [0, 0.05) is 13.0 Å². The predicted octanol–water partition coefficient (Wildman–Crippen LogP) is 5.60. The van der Waals surface area contributed by atoms with Crippen LogP contribution in [0.4, 0.5) is 0 Å². The summed E-state index contributed by atoms with van der Waals surface area (Å²) in [6.07, 6.45) is 16.1. The summed E-state index contributed by atoms with van der Waals surface area (Å²) in [5.74, 6) is 0.590. The molecule has 0 aromatic carbocycles. The van der Waals surface area contributed by atoms with E-state index in [1.807, 2.05) is 6.92 Å². The van der Waals surface area contributed by atoms with Gasteiger partial charge in [-0.25, -0.2) is 0 Å². The summed E-state index contributed by atoms with van der Waals surface area (Å²) in [6, 6.07) is 0. The average molecular weight is 342 g/mol. The van der Waals surface area contributed by atoms with Crippen LogP contribution in [0.5, 0.6) is 0 Å². The van der Waals surface area contributed by atoms with Crippen molar-refractivity contribution in [3.8, 4) is 0 Å². The molecule has 0 heterocycles. The van der Waals surface area contributed by atoms with Gasteiger partial charge in [0.1, 0.15) is 0 Å². The molecular formula is C21H43NO2. The van der Waals surface area contributed by atoms with Crippen LogP contribution in [0.15, 0.2) is 0 Å². The van der Waals surface area contributed by atoms with Gasteiger partial charge in [0.25, 0.3) is 0 Å². The fourth-order valence-electron chi connectivity index (χ4n) is 3.06. The van der Waals surface area contributed by atoms with E-state index in [0.717, 1.165) is 32.2 Å². The van der Waals surface area contributed by atoms with E-state index in [-0.39, 0.29) is 12.0 Å². The molecule has 0 aliphatic rings. The third-order valence-corrected chi connectivity index (χ3v) is 4.86. The maximum atomic E-state index is 11.8. The molecule has 0 fully saturated rings. The molecule has 0 aromatic heterocycles. The first-order chi connectivity index (χ1) is 11.6. The van der Waals surface area contributed by atoms with Gasteiger partial charge in [0.05, 0.1) is 6.10 Å². The van der Waals surface area contributed by atoms with E-state index in [0.29, 0.717) is 12.3 Å². The lowest BCUT2D eigenvalue weighted by Crippen LogP contribution is -2.25. The van der Waals surface area contributed by atoms with Crippen LogP contribution in [-0.2, 0) is 4.79 Å². The molecule has 24 heavy (non-hydrogen) atoms. The van der Waals surface area contributed by atoms with Crippen LogP contribution in [0.25, 0.3) is 0 Å². The number of unbranched alkanes of at least 4 members (excludes halogenated alkanes) is 9. The van der Waals surface area contributed by atoms with Gasteiger partial charge in [0.2, 0.25) is 5.91 Å². The molecule has 144 valence electrons. The fraction of sp³-hybridized carbons (Fsp3) is 0.952. The smallest absolute Gasteiger partial charge is 0.220 e. The molecule has 0 spiro atoms. The molecule has 0 aliphatic carbocycles. The monoisotopic (exact) mass is 341 g/mol. The molecule has 0 aliphatic heterocycles. The Morgan fingerprint density at radius 2 is 1.46 bits per heavy atom. The minimum Gasteiger partial charge on any atom is -0.393 e. The van der Waals surface area contributed by atoms with Crippen molar-refractivity contribution in [2.75, 3.05) is 6.54 Å². The highest BCUT2D eigenvalue weighted by Crippen LogP contribution is 2.14. The molecule has 1 amide bonds. The van der Waals surface area contributed by atoms with E-state index < -0.39 is 0 Å². The third-order valence-electron chi connectivity index (χ3n) is 4.86. The van der Waals surface area contributed by atoms with Gasteiger partial charge in [-0.3, -0.25) is 4.79 Å². The summed E-state index contributed by atoms with van der Waals surface area (Å²) in [5, 5.41) is 12.6. The molecule has 0 bridgehead atoms. The summed E-state index contributed by atoms with van der Waals surface area (Å²) >= 11 is 0. The van der Waals surface area contributed by atoms with Crippen LogP contribution in [0.1, 0.15) is 111 Å². The van der Waals surface area contributed by atoms with Crippen molar-refractivity contribution in [1.29, 1.82) is 0 Å². The zero-order chi connectivity index (χ0) is 18.0. The van der Waals surface area contributed by atoms with Gasteiger partial charge in [-0.2, -0.15) is 0 Å². The van der Waals surface area contributed by atoms with E-state index in [9.17, 15) is 9.90 Å². The molecule has 2 unspecified atom stereocenters. The molecule has 0 rings (SSSR count). The number of aliphatic hydroxyl groups is 1. The number of aliphatic hydroxyl groups excluding tert-OH is 1.